The van der Waals surface area contributed by atoms with Gasteiger partial charge in [-0.2, -0.15) is 0 Å². The Morgan fingerprint density at radius 3 is 2.23 bits per heavy atom. The molecule has 0 aromatic heterocycles. The van der Waals surface area contributed by atoms with Crippen LogP contribution in [0.4, 0.5) is 9.59 Å². The first kappa shape index (κ1) is 21.7. The maximum Gasteiger partial charge on any atom is 0.413 e. The Balaban J connectivity index is 1.85. The summed E-state index contributed by atoms with van der Waals surface area (Å²) in [4.78, 5) is 23.9. The molecule has 6 heteroatoms. The number of rotatable bonds is 5. The zero-order valence-corrected chi connectivity index (χ0v) is 17.7. The molecule has 6 nitrogen and oxygen atoms in total. The Morgan fingerprint density at radius 1 is 1.07 bits per heavy atom. The monoisotopic (exact) mass is 410 g/mol. The molecule has 3 rings (SSSR count). The molecule has 160 valence electrons. The van der Waals surface area contributed by atoms with Crippen molar-refractivity contribution < 1.29 is 19.4 Å². The van der Waals surface area contributed by atoms with Crippen LogP contribution in [-0.2, 0) is 0 Å². The smallest absolute Gasteiger partial charge is 0.413 e. The predicted octanol–water partition coefficient (Wildman–Crippen LogP) is 5.22. The summed E-state index contributed by atoms with van der Waals surface area (Å²) in [7, 11) is 0. The molecule has 1 aliphatic carbocycles. The number of carbonyl (C=O) groups excluding carboxylic acids is 1. The largest absolute Gasteiger partial charge is 0.465 e. The van der Waals surface area contributed by atoms with Crippen LogP contribution in [0, 0.1) is 17.3 Å². The molecule has 3 N–H and O–H groups in total. The van der Waals surface area contributed by atoms with Crippen LogP contribution >= 0.6 is 0 Å². The van der Waals surface area contributed by atoms with Crippen molar-refractivity contribution in [1.29, 1.82) is 0 Å². The highest BCUT2D eigenvalue weighted by Crippen LogP contribution is 2.49. The van der Waals surface area contributed by atoms with Crippen LogP contribution in [0.5, 0.6) is 5.75 Å². The summed E-state index contributed by atoms with van der Waals surface area (Å²) in [5.74, 6) is 0.784. The van der Waals surface area contributed by atoms with Crippen molar-refractivity contribution in [2.75, 3.05) is 0 Å². The van der Waals surface area contributed by atoms with Crippen LogP contribution in [0.3, 0.4) is 0 Å². The van der Waals surface area contributed by atoms with Gasteiger partial charge in [-0.3, -0.25) is 0 Å². The second-order valence-electron chi connectivity index (χ2n) is 8.81. The van der Waals surface area contributed by atoms with Crippen LogP contribution in [0.25, 0.3) is 0 Å². The molecule has 30 heavy (non-hydrogen) atoms. The summed E-state index contributed by atoms with van der Waals surface area (Å²) in [5.41, 5.74) is 0.808. The lowest BCUT2D eigenvalue weighted by Crippen LogP contribution is -2.51. The molecule has 4 unspecified atom stereocenters. The van der Waals surface area contributed by atoms with E-state index in [1.807, 2.05) is 48.5 Å². The molecular formula is C24H30N2O4. The van der Waals surface area contributed by atoms with E-state index >= 15 is 0 Å². The summed E-state index contributed by atoms with van der Waals surface area (Å²) in [6.07, 6.45) is -0.0684. The molecule has 1 fully saturated rings. The fourth-order valence-corrected chi connectivity index (χ4v) is 5.08. The van der Waals surface area contributed by atoms with Crippen LogP contribution in [0.15, 0.2) is 60.7 Å². The number of carbonyl (C=O) groups is 2. The number of amides is 2. The third-order valence-electron chi connectivity index (χ3n) is 6.02. The molecule has 0 aliphatic heterocycles. The molecule has 1 aliphatic rings. The van der Waals surface area contributed by atoms with Gasteiger partial charge in [0.1, 0.15) is 5.75 Å². The van der Waals surface area contributed by atoms with Crippen molar-refractivity contribution in [3.63, 3.8) is 0 Å². The third-order valence-corrected chi connectivity index (χ3v) is 6.02. The molecule has 0 radical (unpaired) electrons. The summed E-state index contributed by atoms with van der Waals surface area (Å²) in [5, 5.41) is 14.9. The van der Waals surface area contributed by atoms with Crippen LogP contribution in [0.2, 0.25) is 0 Å². The molecule has 2 aromatic rings. The number of nitrogens with one attached hydrogen (secondary N) is 2. The summed E-state index contributed by atoms with van der Waals surface area (Å²) < 4.78 is 5.49. The van der Waals surface area contributed by atoms with Gasteiger partial charge in [-0.05, 0) is 47.8 Å². The summed E-state index contributed by atoms with van der Waals surface area (Å²) in [6, 6.07) is 18.5. The number of para-hydroxylation sites is 1. The second-order valence-corrected chi connectivity index (χ2v) is 8.81. The molecule has 0 spiro atoms. The summed E-state index contributed by atoms with van der Waals surface area (Å²) in [6.45, 7) is 6.41. The second kappa shape index (κ2) is 9.20. The van der Waals surface area contributed by atoms with E-state index in [0.717, 1.165) is 12.0 Å². The van der Waals surface area contributed by atoms with E-state index in [2.05, 4.69) is 31.4 Å². The van der Waals surface area contributed by atoms with Gasteiger partial charge in [0.05, 0.1) is 6.04 Å². The first-order chi connectivity index (χ1) is 14.3. The van der Waals surface area contributed by atoms with Gasteiger partial charge in [0.25, 0.3) is 0 Å². The summed E-state index contributed by atoms with van der Waals surface area (Å²) >= 11 is 0. The van der Waals surface area contributed by atoms with Gasteiger partial charge in [-0.25, -0.2) is 9.59 Å². The van der Waals surface area contributed by atoms with Crippen molar-refractivity contribution in [2.45, 2.75) is 45.7 Å². The molecular weight excluding hydrogens is 380 g/mol. The lowest BCUT2D eigenvalue weighted by molar-refractivity contribution is 0.0316. The lowest BCUT2D eigenvalue weighted by atomic mass is 9.59. The number of hydrogen-bond donors (Lipinski definition) is 3. The Labute approximate surface area is 177 Å². The average Bonchev–Trinajstić information content (AvgIpc) is 2.67. The first-order valence-electron chi connectivity index (χ1n) is 10.3. The molecule has 0 bridgehead atoms. The van der Waals surface area contributed by atoms with Gasteiger partial charge in [0.15, 0.2) is 0 Å². The fourth-order valence-electron chi connectivity index (χ4n) is 5.08. The molecule has 1 saturated carbocycles. The minimum absolute atomic E-state index is 0.101. The van der Waals surface area contributed by atoms with Crippen LogP contribution in [0.1, 0.15) is 45.2 Å². The highest BCUT2D eigenvalue weighted by molar-refractivity contribution is 5.71. The minimum atomic E-state index is -0.995. The molecule has 2 amide bonds. The number of carboxylic acid groups (broad SMARTS) is 1. The Kier molecular flexibility index (Phi) is 6.65. The zero-order valence-electron chi connectivity index (χ0n) is 17.7. The van der Waals surface area contributed by atoms with E-state index in [0.29, 0.717) is 12.2 Å². The van der Waals surface area contributed by atoms with Crippen LogP contribution in [-0.4, -0.2) is 23.3 Å². The fraction of sp³-hybridized carbons (Fsp3) is 0.417. The van der Waals surface area contributed by atoms with Gasteiger partial charge >= 0.3 is 12.2 Å². The Bertz CT molecular complexity index is 854. The predicted molar refractivity (Wildman–Crippen MR) is 115 cm³/mol. The standard InChI is InChI=1S/C24H30N2O4/c1-16-14-18(25-22(27)28)15-24(2,3)20(16)21(17-10-6-4-7-11-17)26-23(29)30-19-12-8-5-9-13-19/h4-13,16,18,20-21,25H,14-15H2,1-3H3,(H,26,29)(H,27,28). The van der Waals surface area contributed by atoms with Crippen molar-refractivity contribution in [1.82, 2.24) is 10.6 Å². The number of benzene rings is 2. The highest BCUT2D eigenvalue weighted by Gasteiger charge is 2.46. The van der Waals surface area contributed by atoms with Crippen molar-refractivity contribution >= 4 is 12.2 Å². The van der Waals surface area contributed by atoms with Crippen LogP contribution < -0.4 is 15.4 Å². The van der Waals surface area contributed by atoms with Crippen molar-refractivity contribution in [3.8, 4) is 5.75 Å². The number of hydrogen-bond acceptors (Lipinski definition) is 3. The normalized spacial score (nSPS) is 23.8. The SMILES string of the molecule is CC1CC(NC(=O)O)CC(C)(C)C1C(NC(=O)Oc1ccccc1)c1ccccc1. The topological polar surface area (TPSA) is 87.7 Å². The van der Waals surface area contributed by atoms with Gasteiger partial charge < -0.3 is 20.5 Å². The van der Waals surface area contributed by atoms with Gasteiger partial charge in [0.2, 0.25) is 0 Å². The molecule has 2 aromatic carbocycles. The van der Waals surface area contributed by atoms with Gasteiger partial charge in [-0.1, -0.05) is 69.3 Å². The minimum Gasteiger partial charge on any atom is -0.465 e. The van der Waals surface area contributed by atoms with Crippen molar-refractivity contribution in [3.05, 3.63) is 66.2 Å². The maximum absolute atomic E-state index is 12.7. The highest BCUT2D eigenvalue weighted by atomic mass is 16.6. The molecule has 0 heterocycles. The van der Waals surface area contributed by atoms with Crippen molar-refractivity contribution in [2.24, 2.45) is 17.3 Å². The lowest BCUT2D eigenvalue weighted by Gasteiger charge is -2.49. The van der Waals surface area contributed by atoms with Gasteiger partial charge in [0, 0.05) is 6.04 Å². The molecule has 0 saturated heterocycles. The maximum atomic E-state index is 12.7. The van der Waals surface area contributed by atoms with Gasteiger partial charge in [-0.15, -0.1) is 0 Å². The number of ether oxygens (including phenoxy) is 1. The van der Waals surface area contributed by atoms with E-state index in [1.54, 1.807) is 12.1 Å². The van der Waals surface area contributed by atoms with E-state index < -0.39 is 12.2 Å². The van der Waals surface area contributed by atoms with E-state index in [1.165, 1.54) is 0 Å². The van der Waals surface area contributed by atoms with E-state index in [-0.39, 0.29) is 29.3 Å². The Hall–Kier alpha value is -3.02. The molecule has 4 atom stereocenters. The average molecular weight is 411 g/mol. The Morgan fingerprint density at radius 2 is 1.67 bits per heavy atom. The van der Waals surface area contributed by atoms with E-state index in [4.69, 9.17) is 9.84 Å². The third kappa shape index (κ3) is 5.32. The van der Waals surface area contributed by atoms with E-state index in [9.17, 15) is 9.59 Å². The first-order valence-corrected chi connectivity index (χ1v) is 10.3. The quantitative estimate of drug-likeness (QED) is 0.630. The zero-order chi connectivity index (χ0) is 21.7.